The van der Waals surface area contributed by atoms with E-state index in [1.54, 1.807) is 11.8 Å². The van der Waals surface area contributed by atoms with E-state index < -0.39 is 0 Å². The Morgan fingerprint density at radius 3 is 3.11 bits per heavy atom. The van der Waals surface area contributed by atoms with E-state index in [2.05, 4.69) is 5.32 Å². The first-order valence-electron chi connectivity index (χ1n) is 5.67. The molecule has 0 saturated carbocycles. The van der Waals surface area contributed by atoms with Crippen LogP contribution in [0.4, 0.5) is 5.88 Å². The molecule has 0 fully saturated rings. The molecule has 0 radical (unpaired) electrons. The maximum Gasteiger partial charge on any atom is 0.204 e. The van der Waals surface area contributed by atoms with Gasteiger partial charge in [0.1, 0.15) is 4.70 Å². The van der Waals surface area contributed by atoms with E-state index >= 15 is 0 Å². The lowest BCUT2D eigenvalue weighted by Crippen LogP contribution is -2.08. The highest BCUT2D eigenvalue weighted by Crippen LogP contribution is 2.24. The van der Waals surface area contributed by atoms with Gasteiger partial charge in [-0.1, -0.05) is 0 Å². The minimum atomic E-state index is -0.000128. The van der Waals surface area contributed by atoms with Crippen molar-refractivity contribution < 1.29 is 9.52 Å². The number of anilines is 1. The summed E-state index contributed by atoms with van der Waals surface area (Å²) in [5.41, 5.74) is 1.67. The zero-order valence-electron chi connectivity index (χ0n) is 10.1. The van der Waals surface area contributed by atoms with Crippen molar-refractivity contribution in [2.24, 2.45) is 0 Å². The number of aryl methyl sites for hydroxylation is 1. The van der Waals surface area contributed by atoms with Crippen LogP contribution in [0.3, 0.4) is 0 Å². The standard InChI is InChI=1S/C12H15NO3S2/c1-8-7-18-12-9(15)6-10(16-11(8)12)13-2-4-17-5-3-14/h6-7,13-14H,2-5H2,1H3. The maximum atomic E-state index is 11.8. The summed E-state index contributed by atoms with van der Waals surface area (Å²) in [7, 11) is 0. The first kappa shape index (κ1) is 13.5. The quantitative estimate of drug-likeness (QED) is 0.797. The molecular weight excluding hydrogens is 270 g/mol. The Kier molecular flexibility index (Phi) is 4.68. The van der Waals surface area contributed by atoms with Gasteiger partial charge in [0.25, 0.3) is 0 Å². The maximum absolute atomic E-state index is 11.8. The van der Waals surface area contributed by atoms with E-state index in [-0.39, 0.29) is 12.0 Å². The van der Waals surface area contributed by atoms with Crippen LogP contribution in [0.1, 0.15) is 5.56 Å². The van der Waals surface area contributed by atoms with E-state index in [0.717, 1.165) is 17.1 Å². The lowest BCUT2D eigenvalue weighted by molar-refractivity contribution is 0.322. The Hall–Kier alpha value is -0.980. The van der Waals surface area contributed by atoms with Crippen molar-refractivity contribution in [2.45, 2.75) is 6.92 Å². The number of fused-ring (bicyclic) bond motifs is 1. The number of hydrogen-bond donors (Lipinski definition) is 2. The highest BCUT2D eigenvalue weighted by Gasteiger charge is 2.08. The smallest absolute Gasteiger partial charge is 0.204 e. The van der Waals surface area contributed by atoms with E-state index in [1.165, 1.54) is 17.4 Å². The van der Waals surface area contributed by atoms with Crippen LogP contribution in [0, 0.1) is 6.92 Å². The summed E-state index contributed by atoms with van der Waals surface area (Å²) in [6.45, 7) is 2.84. The Bertz CT molecular complexity index is 576. The van der Waals surface area contributed by atoms with Gasteiger partial charge in [0, 0.05) is 29.7 Å². The van der Waals surface area contributed by atoms with E-state index in [4.69, 9.17) is 9.52 Å². The Morgan fingerprint density at radius 2 is 2.33 bits per heavy atom. The van der Waals surface area contributed by atoms with Crippen LogP contribution in [0.5, 0.6) is 0 Å². The zero-order chi connectivity index (χ0) is 13.0. The number of aliphatic hydroxyl groups is 1. The van der Waals surface area contributed by atoms with Crippen molar-refractivity contribution in [3.63, 3.8) is 0 Å². The fourth-order valence-electron chi connectivity index (χ4n) is 1.55. The van der Waals surface area contributed by atoms with Crippen molar-refractivity contribution in [2.75, 3.05) is 30.0 Å². The minimum absolute atomic E-state index is 0.000128. The fraction of sp³-hybridized carbons (Fsp3) is 0.417. The average molecular weight is 285 g/mol. The van der Waals surface area contributed by atoms with Crippen LogP contribution in [0.15, 0.2) is 20.7 Å². The summed E-state index contributed by atoms with van der Waals surface area (Å²) in [5, 5.41) is 13.7. The summed E-state index contributed by atoms with van der Waals surface area (Å²) in [6.07, 6.45) is 0. The van der Waals surface area contributed by atoms with Gasteiger partial charge in [-0.15, -0.1) is 11.3 Å². The van der Waals surface area contributed by atoms with Crippen molar-refractivity contribution >= 4 is 39.3 Å². The molecule has 6 heteroatoms. The molecule has 0 aliphatic rings. The lowest BCUT2D eigenvalue weighted by Gasteiger charge is -2.04. The molecule has 0 unspecified atom stereocenters. The molecule has 0 saturated heterocycles. The van der Waals surface area contributed by atoms with E-state index in [0.29, 0.717) is 22.7 Å². The molecule has 2 rings (SSSR count). The van der Waals surface area contributed by atoms with Gasteiger partial charge >= 0.3 is 0 Å². The lowest BCUT2D eigenvalue weighted by atomic mass is 10.3. The predicted molar refractivity (Wildman–Crippen MR) is 78.0 cm³/mol. The third-order valence-electron chi connectivity index (χ3n) is 2.40. The molecule has 2 aromatic heterocycles. The van der Waals surface area contributed by atoms with Gasteiger partial charge in [0.05, 0.1) is 6.61 Å². The van der Waals surface area contributed by atoms with Crippen LogP contribution >= 0.6 is 23.1 Å². The van der Waals surface area contributed by atoms with Crippen LogP contribution in [-0.2, 0) is 0 Å². The minimum Gasteiger partial charge on any atom is -0.439 e. The number of rotatable bonds is 6. The first-order chi connectivity index (χ1) is 8.72. The molecule has 0 aliphatic heterocycles. The average Bonchev–Trinajstić information content (AvgIpc) is 2.72. The molecule has 18 heavy (non-hydrogen) atoms. The van der Waals surface area contributed by atoms with Gasteiger partial charge in [-0.25, -0.2) is 0 Å². The summed E-state index contributed by atoms with van der Waals surface area (Å²) in [5.74, 6) is 2.11. The Morgan fingerprint density at radius 1 is 1.50 bits per heavy atom. The van der Waals surface area contributed by atoms with Crippen molar-refractivity contribution in [3.05, 3.63) is 27.2 Å². The summed E-state index contributed by atoms with van der Waals surface area (Å²) < 4.78 is 6.33. The van der Waals surface area contributed by atoms with Crippen LogP contribution in [-0.4, -0.2) is 29.8 Å². The topological polar surface area (TPSA) is 62.5 Å². The van der Waals surface area contributed by atoms with Gasteiger partial charge in [0.15, 0.2) is 11.5 Å². The predicted octanol–water partition coefficient (Wildman–Crippen LogP) is 2.30. The van der Waals surface area contributed by atoms with Crippen LogP contribution in [0.2, 0.25) is 0 Å². The SMILES string of the molecule is Cc1csc2c(=O)cc(NCCSCCO)oc12. The third-order valence-corrected chi connectivity index (χ3v) is 4.45. The Balaban J connectivity index is 2.05. The van der Waals surface area contributed by atoms with Gasteiger partial charge in [-0.3, -0.25) is 4.79 Å². The van der Waals surface area contributed by atoms with E-state index in [1.807, 2.05) is 12.3 Å². The van der Waals surface area contributed by atoms with Gasteiger partial charge < -0.3 is 14.8 Å². The number of hydrogen-bond acceptors (Lipinski definition) is 6. The van der Waals surface area contributed by atoms with E-state index in [9.17, 15) is 4.79 Å². The Labute approximate surface area is 113 Å². The molecule has 98 valence electrons. The highest BCUT2D eigenvalue weighted by molar-refractivity contribution is 7.99. The molecule has 2 aromatic rings. The van der Waals surface area contributed by atoms with Crippen LogP contribution < -0.4 is 10.7 Å². The second-order valence-corrected chi connectivity index (χ2v) is 5.92. The van der Waals surface area contributed by atoms with Crippen molar-refractivity contribution in [1.29, 1.82) is 0 Å². The molecule has 0 aliphatic carbocycles. The molecule has 0 spiro atoms. The molecular formula is C12H15NO3S2. The normalized spacial score (nSPS) is 11.0. The molecule has 4 nitrogen and oxygen atoms in total. The van der Waals surface area contributed by atoms with Crippen molar-refractivity contribution in [1.82, 2.24) is 0 Å². The zero-order valence-corrected chi connectivity index (χ0v) is 11.7. The van der Waals surface area contributed by atoms with Crippen molar-refractivity contribution in [3.8, 4) is 0 Å². The van der Waals surface area contributed by atoms with Gasteiger partial charge in [0.2, 0.25) is 5.43 Å². The van der Waals surface area contributed by atoms with Crippen LogP contribution in [0.25, 0.3) is 10.3 Å². The summed E-state index contributed by atoms with van der Waals surface area (Å²) >= 11 is 3.07. The first-order valence-corrected chi connectivity index (χ1v) is 7.70. The molecule has 0 amide bonds. The van der Waals surface area contributed by atoms with Gasteiger partial charge in [-0.2, -0.15) is 11.8 Å². The second-order valence-electron chi connectivity index (χ2n) is 3.81. The highest BCUT2D eigenvalue weighted by atomic mass is 32.2. The monoisotopic (exact) mass is 285 g/mol. The largest absolute Gasteiger partial charge is 0.439 e. The number of thiophene rings is 1. The second kappa shape index (κ2) is 6.26. The fourth-order valence-corrected chi connectivity index (χ4v) is 3.02. The molecule has 0 bridgehead atoms. The third kappa shape index (κ3) is 3.07. The molecule has 2 N–H and O–H groups in total. The number of aliphatic hydroxyl groups excluding tert-OH is 1. The molecule has 2 heterocycles. The summed E-state index contributed by atoms with van der Waals surface area (Å²) in [4.78, 5) is 11.8. The number of nitrogens with one attached hydrogen (secondary N) is 1. The number of thioether (sulfide) groups is 1. The summed E-state index contributed by atoms with van der Waals surface area (Å²) in [6, 6.07) is 1.50. The van der Waals surface area contributed by atoms with Gasteiger partial charge in [-0.05, 0) is 12.3 Å². The molecule has 0 atom stereocenters. The molecule has 0 aromatic carbocycles.